The molecule has 0 aliphatic rings. The van der Waals surface area contributed by atoms with E-state index in [1.54, 1.807) is 47.0 Å². The third kappa shape index (κ3) is 22.3. The van der Waals surface area contributed by atoms with Gasteiger partial charge in [0.15, 0.2) is 0 Å². The first kappa shape index (κ1) is 28.0. The Hall–Kier alpha value is 2.03. The van der Waals surface area contributed by atoms with Crippen molar-refractivity contribution in [1.29, 1.82) is 0 Å². The summed E-state index contributed by atoms with van der Waals surface area (Å²) in [6.45, 7) is 2.28. The smallest absolute Gasteiger partial charge is 0.316 e. The lowest BCUT2D eigenvalue weighted by molar-refractivity contribution is -0.138. The lowest BCUT2D eigenvalue weighted by Crippen LogP contribution is -2.07. The number of thioether (sulfide) groups is 7. The molecule has 0 aliphatic heterocycles. The van der Waals surface area contributed by atoms with Crippen LogP contribution in [0.15, 0.2) is 0 Å². The fourth-order valence-corrected chi connectivity index (χ4v) is 10.1. The average Bonchev–Trinajstić information content (AvgIpc) is 2.64. The number of hydrogen-bond acceptors (Lipinski definition) is 11. The van der Waals surface area contributed by atoms with Crippen molar-refractivity contribution in [1.82, 2.24) is 0 Å². The fourth-order valence-electron chi connectivity index (χ4n) is 1.18. The molecule has 0 spiro atoms. The van der Waals surface area contributed by atoms with E-state index < -0.39 is 10.8 Å². The van der Waals surface area contributed by atoms with E-state index in [2.05, 4.69) is 6.92 Å². The van der Waals surface area contributed by atoms with Gasteiger partial charge in [0, 0.05) is 48.4 Å². The van der Waals surface area contributed by atoms with Crippen LogP contribution in [-0.2, 0) is 20.3 Å². The average molecular weight is 517 g/mol. The number of hydrogen-bond donors (Lipinski definition) is 1. The Kier molecular flexibility index (Phi) is 25.1. The van der Waals surface area contributed by atoms with Crippen molar-refractivity contribution < 1.29 is 18.8 Å². The second-order valence-electron chi connectivity index (χ2n) is 4.36. The highest BCUT2D eigenvalue weighted by Gasteiger charge is 2.03. The van der Waals surface area contributed by atoms with E-state index in [9.17, 15) is 9.00 Å². The van der Waals surface area contributed by atoms with Crippen LogP contribution in [0.3, 0.4) is 0 Å². The maximum atomic E-state index is 11.6. The first-order valence-corrected chi connectivity index (χ1v) is 17.4. The monoisotopic (exact) mass is 516 g/mol. The maximum absolute atomic E-state index is 11.6. The molecule has 156 valence electrons. The summed E-state index contributed by atoms with van der Waals surface area (Å²) in [4.78, 5) is 11.5. The maximum Gasteiger partial charge on any atom is 0.316 e. The van der Waals surface area contributed by atoms with Gasteiger partial charge in [0.2, 0.25) is 0 Å². The summed E-state index contributed by atoms with van der Waals surface area (Å²) >= 11 is 12.1. The van der Waals surface area contributed by atoms with E-state index in [0.29, 0.717) is 11.7 Å². The molecule has 0 saturated heterocycles. The topological polar surface area (TPSA) is 63.6 Å². The van der Waals surface area contributed by atoms with Crippen LogP contribution < -0.4 is 0 Å². The van der Waals surface area contributed by atoms with E-state index in [1.807, 2.05) is 35.3 Å². The quantitative estimate of drug-likeness (QED) is 0.144. The summed E-state index contributed by atoms with van der Waals surface area (Å²) in [7, 11) is -0.673. The highest BCUT2D eigenvalue weighted by atomic mass is 32.3. The zero-order chi connectivity index (χ0) is 19.3. The van der Waals surface area contributed by atoms with Crippen molar-refractivity contribution in [2.24, 2.45) is 0 Å². The number of esters is 1. The second-order valence-corrected chi connectivity index (χ2v) is 15.1. The van der Waals surface area contributed by atoms with Crippen LogP contribution in [-0.4, -0.2) is 82.0 Å². The van der Waals surface area contributed by atoms with Gasteiger partial charge in [0.05, 0.1) is 17.4 Å². The minimum atomic E-state index is -0.673. The van der Waals surface area contributed by atoms with Crippen molar-refractivity contribution in [2.75, 3.05) is 66.7 Å². The van der Waals surface area contributed by atoms with Crippen LogP contribution in [0.25, 0.3) is 0 Å². The van der Waals surface area contributed by atoms with Crippen LogP contribution in [0.1, 0.15) is 6.92 Å². The van der Waals surface area contributed by atoms with Gasteiger partial charge in [-0.25, -0.2) is 0 Å². The van der Waals surface area contributed by atoms with E-state index in [-0.39, 0.29) is 12.6 Å². The molecule has 0 fully saturated rings. The molecular weight excluding hydrogens is 489 g/mol. The summed E-state index contributed by atoms with van der Waals surface area (Å²) in [5.41, 5.74) is 0. The van der Waals surface area contributed by atoms with Gasteiger partial charge in [-0.2, -0.15) is 11.8 Å². The molecular formula is C14H28O4S8. The van der Waals surface area contributed by atoms with E-state index >= 15 is 0 Å². The summed E-state index contributed by atoms with van der Waals surface area (Å²) in [6.07, 6.45) is 0. The van der Waals surface area contributed by atoms with Gasteiger partial charge in [-0.15, -0.1) is 70.6 Å². The number of rotatable bonds is 20. The largest absolute Gasteiger partial charge is 0.454 e. The highest BCUT2D eigenvalue weighted by molar-refractivity contribution is 8.26. The number of ether oxygens (including phenoxy) is 1. The first-order valence-electron chi connectivity index (χ1n) is 7.86. The van der Waals surface area contributed by atoms with Gasteiger partial charge < -0.3 is 9.84 Å². The molecule has 12 heteroatoms. The molecule has 0 rings (SSSR count). The fraction of sp³-hybridized carbons (Fsp3) is 0.929. The van der Waals surface area contributed by atoms with Crippen molar-refractivity contribution in [3.63, 3.8) is 0 Å². The zero-order valence-corrected chi connectivity index (χ0v) is 21.5. The minimum Gasteiger partial charge on any atom is -0.454 e. The van der Waals surface area contributed by atoms with Crippen molar-refractivity contribution in [2.45, 2.75) is 6.92 Å². The Morgan fingerprint density at radius 1 is 0.923 bits per heavy atom. The van der Waals surface area contributed by atoms with Crippen LogP contribution in [0.4, 0.5) is 0 Å². The van der Waals surface area contributed by atoms with Gasteiger partial charge in [-0.05, 0) is 5.75 Å². The van der Waals surface area contributed by atoms with E-state index in [4.69, 9.17) is 9.84 Å². The Bertz CT molecular complexity index is 349. The molecule has 26 heavy (non-hydrogen) atoms. The summed E-state index contributed by atoms with van der Waals surface area (Å²) in [5.74, 6) is 4.15. The number of carbonyl (C=O) groups is 1. The van der Waals surface area contributed by atoms with Gasteiger partial charge in [0.25, 0.3) is 0 Å². The van der Waals surface area contributed by atoms with Crippen LogP contribution in [0.5, 0.6) is 0 Å². The summed E-state index contributed by atoms with van der Waals surface area (Å²) in [5, 5.41) is 13.2. The van der Waals surface area contributed by atoms with Gasteiger partial charge in [0.1, 0.15) is 5.94 Å². The highest BCUT2D eigenvalue weighted by Crippen LogP contribution is 2.21. The normalized spacial score (nSPS) is 12.2. The molecule has 0 aromatic heterocycles. The van der Waals surface area contributed by atoms with Crippen LogP contribution >= 0.6 is 82.3 Å². The van der Waals surface area contributed by atoms with Crippen LogP contribution in [0, 0.1) is 0 Å². The van der Waals surface area contributed by atoms with Crippen molar-refractivity contribution >= 4 is 99.1 Å². The Labute approximate surface area is 190 Å². The number of aliphatic hydroxyl groups excluding tert-OH is 1. The minimum absolute atomic E-state index is 0.160. The van der Waals surface area contributed by atoms with Crippen molar-refractivity contribution in [3.8, 4) is 0 Å². The lowest BCUT2D eigenvalue weighted by Gasteiger charge is -2.05. The third-order valence-corrected chi connectivity index (χ3v) is 12.4. The molecule has 1 atom stereocenters. The molecule has 1 N–H and O–H groups in total. The zero-order valence-electron chi connectivity index (χ0n) is 14.9. The molecule has 0 heterocycles. The SMILES string of the molecule is CCSCS(=O)CCSCSCSCSCC(=O)OCSCSCCO. The lowest BCUT2D eigenvalue weighted by atomic mass is 10.8. The molecule has 0 aliphatic carbocycles. The van der Waals surface area contributed by atoms with E-state index in [1.165, 1.54) is 0 Å². The Balaban J connectivity index is 3.20. The molecule has 0 saturated carbocycles. The molecule has 0 amide bonds. The summed E-state index contributed by atoms with van der Waals surface area (Å²) in [6, 6.07) is 0. The standard InChI is InChI=1S/C14H28O4S8/c1-2-19-13-26(17)6-5-21-10-24-12-25-11-22-7-14(16)18-8-23-9-20-4-3-15/h15H,2-13H2,1H3. The molecule has 0 bridgehead atoms. The third-order valence-electron chi connectivity index (χ3n) is 2.30. The van der Waals surface area contributed by atoms with E-state index in [0.717, 1.165) is 48.4 Å². The van der Waals surface area contributed by atoms with Gasteiger partial charge in [-0.3, -0.25) is 9.00 Å². The number of aliphatic hydroxyl groups is 1. The molecule has 0 radical (unpaired) electrons. The second kappa shape index (κ2) is 23.3. The number of carbonyl (C=O) groups excluding carboxylic acids is 1. The molecule has 0 aromatic carbocycles. The molecule has 1 unspecified atom stereocenters. The summed E-state index contributed by atoms with van der Waals surface area (Å²) < 4.78 is 16.7. The predicted octanol–water partition coefficient (Wildman–Crippen LogP) is 4.17. The van der Waals surface area contributed by atoms with Crippen LogP contribution in [0.2, 0.25) is 0 Å². The van der Waals surface area contributed by atoms with Gasteiger partial charge >= 0.3 is 5.97 Å². The molecule has 4 nitrogen and oxygen atoms in total. The van der Waals surface area contributed by atoms with Crippen molar-refractivity contribution in [3.05, 3.63) is 0 Å². The first-order chi connectivity index (χ1) is 12.7. The Morgan fingerprint density at radius 2 is 1.58 bits per heavy atom. The predicted molar refractivity (Wildman–Crippen MR) is 134 cm³/mol. The Morgan fingerprint density at radius 3 is 2.31 bits per heavy atom. The van der Waals surface area contributed by atoms with Gasteiger partial charge in [-0.1, -0.05) is 6.92 Å². The molecule has 0 aromatic rings.